The molecule has 0 N–H and O–H groups in total. The molecule has 62 valence electrons. The molecule has 0 bridgehead atoms. The molecular formula is C6H11AsN2O2. The van der Waals surface area contributed by atoms with Crippen LogP contribution in [0.25, 0.3) is 5.53 Å². The molecule has 0 atom stereocenters. The summed E-state index contributed by atoms with van der Waals surface area (Å²) in [6, 6.07) is 0. The van der Waals surface area contributed by atoms with Gasteiger partial charge in [-0.15, -0.1) is 0 Å². The summed E-state index contributed by atoms with van der Waals surface area (Å²) in [7, 11) is 0. The SMILES string of the molecule is CCOC(=O)C(=[N+]=[N-])[As](C)C. The van der Waals surface area contributed by atoms with Crippen LogP contribution in [-0.2, 0) is 9.53 Å². The van der Waals surface area contributed by atoms with Crippen molar-refractivity contribution in [2.45, 2.75) is 18.3 Å². The summed E-state index contributed by atoms with van der Waals surface area (Å²) in [6.45, 7) is 2.04. The first-order chi connectivity index (χ1) is 5.13. The fraction of sp³-hybridized carbons (Fsp3) is 0.667. The molecular weight excluding hydrogens is 207 g/mol. The van der Waals surface area contributed by atoms with Gasteiger partial charge in [0, 0.05) is 0 Å². The van der Waals surface area contributed by atoms with Crippen LogP contribution in [0.3, 0.4) is 0 Å². The van der Waals surface area contributed by atoms with Gasteiger partial charge in [-0.25, -0.2) is 0 Å². The second-order valence-corrected chi connectivity index (χ2v) is 6.68. The number of hydrogen-bond donors (Lipinski definition) is 0. The average molecular weight is 218 g/mol. The maximum atomic E-state index is 10.9. The van der Waals surface area contributed by atoms with Crippen molar-refractivity contribution >= 4 is 25.1 Å². The van der Waals surface area contributed by atoms with E-state index in [1.165, 1.54) is 0 Å². The van der Waals surface area contributed by atoms with Gasteiger partial charge in [-0.3, -0.25) is 0 Å². The molecule has 0 amide bonds. The van der Waals surface area contributed by atoms with Crippen molar-refractivity contribution in [1.82, 2.24) is 0 Å². The Morgan fingerprint density at radius 2 is 2.18 bits per heavy atom. The van der Waals surface area contributed by atoms with Crippen LogP contribution in [0.15, 0.2) is 0 Å². The Balaban J connectivity index is 4.29. The predicted molar refractivity (Wildman–Crippen MR) is 42.7 cm³/mol. The van der Waals surface area contributed by atoms with Crippen LogP contribution in [0.2, 0.25) is 11.4 Å². The molecule has 0 aliphatic rings. The van der Waals surface area contributed by atoms with Crippen molar-refractivity contribution < 1.29 is 14.3 Å². The van der Waals surface area contributed by atoms with Crippen LogP contribution in [0.4, 0.5) is 0 Å². The molecule has 5 heteroatoms. The third kappa shape index (κ3) is 3.35. The van der Waals surface area contributed by atoms with Gasteiger partial charge in [0.2, 0.25) is 0 Å². The first kappa shape index (κ1) is 10.4. The fourth-order valence-corrected chi connectivity index (χ4v) is 1.79. The molecule has 4 nitrogen and oxygen atoms in total. The average Bonchev–Trinajstić information content (AvgIpc) is 1.88. The predicted octanol–water partition coefficient (Wildman–Crippen LogP) is 0.514. The number of rotatable bonds is 3. The van der Waals surface area contributed by atoms with Gasteiger partial charge in [0.05, 0.1) is 0 Å². The first-order valence-electron chi connectivity index (χ1n) is 3.20. The molecule has 0 rings (SSSR count). The van der Waals surface area contributed by atoms with E-state index in [0.717, 1.165) is 0 Å². The first-order valence-corrected chi connectivity index (χ1v) is 7.89. The van der Waals surface area contributed by atoms with E-state index in [1.54, 1.807) is 6.92 Å². The topological polar surface area (TPSA) is 62.7 Å². The molecule has 11 heavy (non-hydrogen) atoms. The minimum absolute atomic E-state index is 0.208. The normalized spacial score (nSPS) is 9.09. The van der Waals surface area contributed by atoms with Crippen molar-refractivity contribution in [3.05, 3.63) is 5.53 Å². The van der Waals surface area contributed by atoms with Gasteiger partial charge < -0.3 is 0 Å². The molecule has 0 spiro atoms. The van der Waals surface area contributed by atoms with E-state index in [4.69, 9.17) is 5.53 Å². The molecule has 0 fully saturated rings. The second kappa shape index (κ2) is 5.11. The molecule has 0 unspecified atom stereocenters. The molecule has 0 aromatic carbocycles. The molecule has 0 aliphatic carbocycles. The molecule has 0 heterocycles. The van der Waals surface area contributed by atoms with Crippen LogP contribution < -0.4 is 0 Å². The zero-order valence-electron chi connectivity index (χ0n) is 6.87. The monoisotopic (exact) mass is 218 g/mol. The summed E-state index contributed by atoms with van der Waals surface area (Å²) in [4.78, 5) is 13.9. The molecule has 0 aromatic rings. The number of carbonyl (C=O) groups excluding carboxylic acids is 1. The number of esters is 1. The molecule has 0 aromatic heterocycles. The third-order valence-electron chi connectivity index (χ3n) is 0.976. The van der Waals surface area contributed by atoms with E-state index >= 15 is 0 Å². The van der Waals surface area contributed by atoms with Crippen LogP contribution in [-0.4, -0.2) is 36.5 Å². The van der Waals surface area contributed by atoms with Crippen molar-refractivity contribution in [3.8, 4) is 0 Å². The van der Waals surface area contributed by atoms with Crippen molar-refractivity contribution in [1.29, 1.82) is 0 Å². The van der Waals surface area contributed by atoms with Gasteiger partial charge in [-0.2, -0.15) is 0 Å². The van der Waals surface area contributed by atoms with Crippen molar-refractivity contribution in [2.24, 2.45) is 0 Å². The van der Waals surface area contributed by atoms with Gasteiger partial charge >= 0.3 is 69.9 Å². The number of hydrogen-bond acceptors (Lipinski definition) is 2. The van der Waals surface area contributed by atoms with E-state index in [2.05, 4.69) is 9.53 Å². The van der Waals surface area contributed by atoms with Gasteiger partial charge in [-0.1, -0.05) is 0 Å². The van der Waals surface area contributed by atoms with E-state index in [1.807, 2.05) is 11.4 Å². The van der Waals surface area contributed by atoms with Gasteiger partial charge in [0.25, 0.3) is 0 Å². The number of carbonyl (C=O) groups is 1. The minimum atomic E-state index is -1.41. The van der Waals surface area contributed by atoms with Crippen molar-refractivity contribution in [3.63, 3.8) is 0 Å². The molecule has 0 saturated heterocycles. The van der Waals surface area contributed by atoms with Gasteiger partial charge in [0.15, 0.2) is 0 Å². The summed E-state index contributed by atoms with van der Waals surface area (Å²) >= 11 is -1.41. The molecule has 0 radical (unpaired) electrons. The Bertz CT molecular complexity index is 197. The van der Waals surface area contributed by atoms with Gasteiger partial charge in [-0.05, 0) is 0 Å². The number of ether oxygens (including phenoxy) is 1. The summed E-state index contributed by atoms with van der Waals surface area (Å²) < 4.78 is 4.87. The summed E-state index contributed by atoms with van der Waals surface area (Å²) in [5.41, 5.74) is 12.2. The summed E-state index contributed by atoms with van der Waals surface area (Å²) in [5, 5.41) is 0. The standard InChI is InChI=1S/C6H11AsN2O2/c1-4-11-6(10)5(9-8)7(2)3/h4H2,1-3H3. The van der Waals surface area contributed by atoms with Crippen LogP contribution in [0, 0.1) is 0 Å². The second-order valence-electron chi connectivity index (χ2n) is 2.04. The number of nitrogens with zero attached hydrogens (tertiary/aromatic N) is 2. The quantitative estimate of drug-likeness (QED) is 0.228. The Morgan fingerprint density at radius 3 is 2.45 bits per heavy atom. The summed E-state index contributed by atoms with van der Waals surface area (Å²) in [5.74, 6) is -0.486. The van der Waals surface area contributed by atoms with Crippen molar-refractivity contribution in [2.75, 3.05) is 6.61 Å². The maximum absolute atomic E-state index is 10.9. The van der Waals surface area contributed by atoms with E-state index < -0.39 is 20.6 Å². The Hall–Kier alpha value is -0.592. The van der Waals surface area contributed by atoms with Crippen LogP contribution >= 0.6 is 0 Å². The zero-order chi connectivity index (χ0) is 8.85. The molecule has 0 aliphatic heterocycles. The molecule has 0 saturated carbocycles. The zero-order valence-corrected chi connectivity index (χ0v) is 8.74. The van der Waals surface area contributed by atoms with Gasteiger partial charge in [0.1, 0.15) is 0 Å². The Labute approximate surface area is 70.4 Å². The Morgan fingerprint density at radius 1 is 1.64 bits per heavy atom. The Kier molecular flexibility index (Phi) is 4.84. The third-order valence-corrected chi connectivity index (χ3v) is 3.32. The van der Waals surface area contributed by atoms with E-state index in [9.17, 15) is 4.79 Å². The van der Waals surface area contributed by atoms with E-state index in [-0.39, 0.29) is 4.50 Å². The summed E-state index contributed by atoms with van der Waals surface area (Å²) in [6.07, 6.45) is 0. The van der Waals surface area contributed by atoms with Crippen LogP contribution in [0.5, 0.6) is 0 Å². The fourth-order valence-electron chi connectivity index (χ4n) is 0.508. The van der Waals surface area contributed by atoms with E-state index in [0.29, 0.717) is 6.61 Å². The van der Waals surface area contributed by atoms with Crippen LogP contribution in [0.1, 0.15) is 6.92 Å².